The van der Waals surface area contributed by atoms with Gasteiger partial charge in [0.25, 0.3) is 0 Å². The van der Waals surface area contributed by atoms with Crippen LogP contribution in [0.2, 0.25) is 0 Å². The zero-order valence-electron chi connectivity index (χ0n) is 11.5. The molecule has 0 fully saturated rings. The Kier molecular flexibility index (Phi) is 5.16. The number of hydrogen-bond donors (Lipinski definition) is 1. The second-order valence-corrected chi connectivity index (χ2v) is 5.26. The molecular weight excluding hydrogens is 336 g/mol. The van der Waals surface area contributed by atoms with Gasteiger partial charge in [-0.1, -0.05) is 15.9 Å². The van der Waals surface area contributed by atoms with Gasteiger partial charge in [-0.25, -0.2) is 9.78 Å². The number of imidazole rings is 1. The lowest BCUT2D eigenvalue weighted by Crippen LogP contribution is -2.06. The quantitative estimate of drug-likeness (QED) is 0.813. The van der Waals surface area contributed by atoms with Gasteiger partial charge in [0.2, 0.25) is 0 Å². The minimum Gasteiger partial charge on any atom is -0.493 e. The van der Waals surface area contributed by atoms with Crippen molar-refractivity contribution in [3.63, 3.8) is 0 Å². The molecule has 0 spiro atoms. The molecule has 2 rings (SSSR count). The Bertz CT molecular complexity index is 665. The van der Waals surface area contributed by atoms with E-state index in [2.05, 4.69) is 20.9 Å². The number of nitrogens with zero attached hydrogens (tertiary/aromatic N) is 2. The van der Waals surface area contributed by atoms with Gasteiger partial charge in [-0.05, 0) is 29.8 Å². The van der Waals surface area contributed by atoms with E-state index in [1.165, 1.54) is 6.08 Å². The van der Waals surface area contributed by atoms with Gasteiger partial charge < -0.3 is 14.4 Å². The van der Waals surface area contributed by atoms with Crippen molar-refractivity contribution in [3.05, 3.63) is 52.5 Å². The number of carboxylic acid groups (broad SMARTS) is 1. The third-order valence-corrected chi connectivity index (χ3v) is 3.61. The smallest absolute Gasteiger partial charge is 0.328 e. The second kappa shape index (κ2) is 7.08. The number of benzene rings is 1. The molecule has 0 amide bonds. The molecule has 0 atom stereocenters. The van der Waals surface area contributed by atoms with Crippen molar-refractivity contribution < 1.29 is 14.6 Å². The first kappa shape index (κ1) is 15.3. The zero-order chi connectivity index (χ0) is 15.2. The van der Waals surface area contributed by atoms with Crippen molar-refractivity contribution in [3.8, 4) is 5.75 Å². The van der Waals surface area contributed by atoms with Crippen LogP contribution in [-0.2, 0) is 18.3 Å². The molecule has 1 heterocycles. The average Bonchev–Trinajstić information content (AvgIpc) is 2.84. The SMILES string of the molecule is Cn1ccnc1CCOc1ccc(Br)c(/C=C/C(=O)O)c1. The summed E-state index contributed by atoms with van der Waals surface area (Å²) in [6, 6.07) is 5.46. The molecule has 2 aromatic rings. The molecule has 0 aliphatic heterocycles. The molecule has 0 aliphatic rings. The van der Waals surface area contributed by atoms with Crippen LogP contribution < -0.4 is 4.74 Å². The van der Waals surface area contributed by atoms with E-state index in [1.54, 1.807) is 12.3 Å². The predicted octanol–water partition coefficient (Wildman–Crippen LogP) is 2.90. The van der Waals surface area contributed by atoms with Gasteiger partial charge in [-0.2, -0.15) is 0 Å². The molecular formula is C15H15BrN2O3. The van der Waals surface area contributed by atoms with E-state index in [9.17, 15) is 4.79 Å². The van der Waals surface area contributed by atoms with Gasteiger partial charge in [0, 0.05) is 36.4 Å². The molecule has 0 radical (unpaired) electrons. The Labute approximate surface area is 131 Å². The van der Waals surface area contributed by atoms with E-state index in [1.807, 2.05) is 29.9 Å². The van der Waals surface area contributed by atoms with Crippen LogP contribution in [0.3, 0.4) is 0 Å². The van der Waals surface area contributed by atoms with Crippen LogP contribution in [0.25, 0.3) is 6.08 Å². The maximum atomic E-state index is 10.6. The number of carboxylic acids is 1. The van der Waals surface area contributed by atoms with Crippen LogP contribution in [-0.4, -0.2) is 27.2 Å². The first-order chi connectivity index (χ1) is 10.1. The lowest BCUT2D eigenvalue weighted by Gasteiger charge is -2.08. The molecule has 6 heteroatoms. The summed E-state index contributed by atoms with van der Waals surface area (Å²) in [7, 11) is 1.94. The summed E-state index contributed by atoms with van der Waals surface area (Å²) in [5, 5.41) is 8.67. The Balaban J connectivity index is 1.99. The van der Waals surface area contributed by atoms with Crippen molar-refractivity contribution in [2.45, 2.75) is 6.42 Å². The van der Waals surface area contributed by atoms with Crippen LogP contribution in [0.5, 0.6) is 5.75 Å². The summed E-state index contributed by atoms with van der Waals surface area (Å²) >= 11 is 3.38. The number of carbonyl (C=O) groups is 1. The fourth-order valence-electron chi connectivity index (χ4n) is 1.80. The van der Waals surface area contributed by atoms with Crippen LogP contribution in [0, 0.1) is 0 Å². The zero-order valence-corrected chi connectivity index (χ0v) is 13.1. The van der Waals surface area contributed by atoms with Crippen LogP contribution in [0.15, 0.2) is 41.1 Å². The highest BCUT2D eigenvalue weighted by molar-refractivity contribution is 9.10. The Hall–Kier alpha value is -2.08. The predicted molar refractivity (Wildman–Crippen MR) is 83.2 cm³/mol. The van der Waals surface area contributed by atoms with E-state index in [0.29, 0.717) is 18.8 Å². The molecule has 0 saturated heterocycles. The molecule has 1 N–H and O–H groups in total. The number of ether oxygens (including phenoxy) is 1. The lowest BCUT2D eigenvalue weighted by molar-refractivity contribution is -0.131. The van der Waals surface area contributed by atoms with Crippen molar-refractivity contribution in [1.82, 2.24) is 9.55 Å². The lowest BCUT2D eigenvalue weighted by atomic mass is 10.2. The van der Waals surface area contributed by atoms with Crippen molar-refractivity contribution in [2.24, 2.45) is 7.05 Å². The minimum absolute atomic E-state index is 0.509. The molecule has 1 aromatic carbocycles. The highest BCUT2D eigenvalue weighted by atomic mass is 79.9. The highest BCUT2D eigenvalue weighted by Gasteiger charge is 2.03. The molecule has 5 nitrogen and oxygen atoms in total. The number of rotatable bonds is 6. The van der Waals surface area contributed by atoms with Gasteiger partial charge in [0.15, 0.2) is 0 Å². The fraction of sp³-hybridized carbons (Fsp3) is 0.200. The first-order valence-electron chi connectivity index (χ1n) is 6.36. The van der Waals surface area contributed by atoms with Crippen molar-refractivity contribution >= 4 is 28.0 Å². The normalized spacial score (nSPS) is 11.0. The molecule has 21 heavy (non-hydrogen) atoms. The number of aromatic nitrogens is 2. The minimum atomic E-state index is -0.983. The highest BCUT2D eigenvalue weighted by Crippen LogP contribution is 2.24. The Morgan fingerprint density at radius 1 is 1.52 bits per heavy atom. The second-order valence-electron chi connectivity index (χ2n) is 4.41. The molecule has 0 unspecified atom stereocenters. The number of halogens is 1. The van der Waals surface area contributed by atoms with Gasteiger partial charge in [-0.15, -0.1) is 0 Å². The third-order valence-electron chi connectivity index (χ3n) is 2.89. The average molecular weight is 351 g/mol. The fourth-order valence-corrected chi connectivity index (χ4v) is 2.18. The van der Waals surface area contributed by atoms with Crippen LogP contribution in [0.1, 0.15) is 11.4 Å². The van der Waals surface area contributed by atoms with Gasteiger partial charge in [0.1, 0.15) is 11.6 Å². The standard InChI is InChI=1S/C15H15BrN2O3/c1-18-8-7-17-14(18)6-9-21-12-3-4-13(16)11(10-12)2-5-15(19)20/h2-5,7-8,10H,6,9H2,1H3,(H,19,20)/b5-2+. The van der Waals surface area contributed by atoms with E-state index < -0.39 is 5.97 Å². The Morgan fingerprint density at radius 3 is 3.00 bits per heavy atom. The van der Waals surface area contributed by atoms with E-state index in [4.69, 9.17) is 9.84 Å². The van der Waals surface area contributed by atoms with Gasteiger partial charge in [-0.3, -0.25) is 0 Å². The summed E-state index contributed by atoms with van der Waals surface area (Å²) in [4.78, 5) is 14.8. The Morgan fingerprint density at radius 2 is 2.33 bits per heavy atom. The topological polar surface area (TPSA) is 64.4 Å². The largest absolute Gasteiger partial charge is 0.493 e. The molecule has 0 bridgehead atoms. The van der Waals surface area contributed by atoms with Crippen molar-refractivity contribution in [2.75, 3.05) is 6.61 Å². The maximum absolute atomic E-state index is 10.6. The summed E-state index contributed by atoms with van der Waals surface area (Å²) in [6.07, 6.45) is 6.98. The molecule has 0 saturated carbocycles. The van der Waals surface area contributed by atoms with E-state index >= 15 is 0 Å². The van der Waals surface area contributed by atoms with Gasteiger partial charge in [0.05, 0.1) is 6.61 Å². The number of aliphatic carboxylic acids is 1. The van der Waals surface area contributed by atoms with Crippen LogP contribution in [0.4, 0.5) is 0 Å². The summed E-state index contributed by atoms with van der Waals surface area (Å²) in [6.45, 7) is 0.509. The summed E-state index contributed by atoms with van der Waals surface area (Å²) in [5.74, 6) is 0.665. The van der Waals surface area contributed by atoms with E-state index in [0.717, 1.165) is 21.9 Å². The molecule has 110 valence electrons. The van der Waals surface area contributed by atoms with Crippen LogP contribution >= 0.6 is 15.9 Å². The van der Waals surface area contributed by atoms with Crippen molar-refractivity contribution in [1.29, 1.82) is 0 Å². The number of hydrogen-bond acceptors (Lipinski definition) is 3. The maximum Gasteiger partial charge on any atom is 0.328 e. The molecule has 1 aromatic heterocycles. The summed E-state index contributed by atoms with van der Waals surface area (Å²) < 4.78 is 8.45. The monoisotopic (exact) mass is 350 g/mol. The first-order valence-corrected chi connectivity index (χ1v) is 7.15. The molecule has 0 aliphatic carbocycles. The third kappa shape index (κ3) is 4.46. The summed E-state index contributed by atoms with van der Waals surface area (Å²) in [5.41, 5.74) is 0.756. The van der Waals surface area contributed by atoms with Gasteiger partial charge >= 0.3 is 5.97 Å². The van der Waals surface area contributed by atoms with E-state index in [-0.39, 0.29) is 0 Å². The number of aryl methyl sites for hydroxylation is 1.